The van der Waals surface area contributed by atoms with Gasteiger partial charge in [0.25, 0.3) is 5.95 Å². The van der Waals surface area contributed by atoms with Crippen LogP contribution in [0.3, 0.4) is 0 Å². The molecule has 106 valence electrons. The molecule has 6 nitrogen and oxygen atoms in total. The molecule has 0 fully saturated rings. The molecule has 2 aromatic rings. The van der Waals surface area contributed by atoms with Crippen LogP contribution in [0.1, 0.15) is 43.6 Å². The van der Waals surface area contributed by atoms with Gasteiger partial charge in [0.05, 0.1) is 6.21 Å². The highest BCUT2D eigenvalue weighted by Gasteiger charge is 2.05. The van der Waals surface area contributed by atoms with Crippen LogP contribution in [0.2, 0.25) is 0 Å². The molecule has 1 aromatic carbocycles. The summed E-state index contributed by atoms with van der Waals surface area (Å²) in [5.41, 5.74) is 5.11. The Morgan fingerprint density at radius 1 is 1.30 bits per heavy atom. The van der Waals surface area contributed by atoms with Gasteiger partial charge in [-0.2, -0.15) is 5.10 Å². The van der Waals surface area contributed by atoms with Crippen molar-refractivity contribution >= 4 is 12.2 Å². The number of aryl methyl sites for hydroxylation is 1. The van der Waals surface area contributed by atoms with Crippen molar-refractivity contribution in [3.8, 4) is 0 Å². The minimum Gasteiger partial charge on any atom is -0.335 e. The van der Waals surface area contributed by atoms with Crippen molar-refractivity contribution in [2.45, 2.75) is 33.1 Å². The Kier molecular flexibility index (Phi) is 4.34. The topological polar surface area (TPSA) is 81.1 Å². The van der Waals surface area contributed by atoms with Gasteiger partial charge >= 0.3 is 0 Å². The van der Waals surface area contributed by atoms with E-state index in [2.05, 4.69) is 46.7 Å². The SMILES string of the molecule is CCc1nnc(NN=Cc2ccc(C(C)C)cc2)n1N. The first-order chi connectivity index (χ1) is 9.61. The molecule has 0 aliphatic carbocycles. The molecule has 3 N–H and O–H groups in total. The Labute approximate surface area is 118 Å². The summed E-state index contributed by atoms with van der Waals surface area (Å²) in [5.74, 6) is 7.47. The number of nitrogens with two attached hydrogens (primary N) is 1. The summed E-state index contributed by atoms with van der Waals surface area (Å²) < 4.78 is 1.40. The average molecular weight is 272 g/mol. The summed E-state index contributed by atoms with van der Waals surface area (Å²) in [5, 5.41) is 12.0. The zero-order chi connectivity index (χ0) is 14.5. The zero-order valence-electron chi connectivity index (χ0n) is 12.0. The molecule has 0 radical (unpaired) electrons. The van der Waals surface area contributed by atoms with Crippen LogP contribution < -0.4 is 11.3 Å². The molecule has 6 heteroatoms. The average Bonchev–Trinajstić information content (AvgIpc) is 2.80. The van der Waals surface area contributed by atoms with Gasteiger partial charge in [0.2, 0.25) is 0 Å². The van der Waals surface area contributed by atoms with E-state index in [9.17, 15) is 0 Å². The maximum absolute atomic E-state index is 5.80. The van der Waals surface area contributed by atoms with Gasteiger partial charge in [-0.15, -0.1) is 10.2 Å². The van der Waals surface area contributed by atoms with Crippen molar-refractivity contribution < 1.29 is 0 Å². The van der Waals surface area contributed by atoms with Crippen LogP contribution in [-0.2, 0) is 6.42 Å². The molecular formula is C14H20N6. The van der Waals surface area contributed by atoms with Gasteiger partial charge in [-0.25, -0.2) is 10.1 Å². The molecule has 20 heavy (non-hydrogen) atoms. The molecule has 2 rings (SSSR count). The second-order valence-electron chi connectivity index (χ2n) is 4.85. The number of nitrogen functional groups attached to an aromatic ring is 1. The number of hydrazone groups is 1. The van der Waals surface area contributed by atoms with Crippen molar-refractivity contribution in [3.63, 3.8) is 0 Å². The standard InChI is InChI=1S/C14H20N6/c1-4-13-17-19-14(20(13)15)18-16-9-11-5-7-12(8-6-11)10(2)3/h5-10H,4,15H2,1-3H3,(H,18,19). The van der Waals surface area contributed by atoms with E-state index in [0.29, 0.717) is 17.7 Å². The molecule has 0 spiro atoms. The Bertz CT molecular complexity index is 582. The third-order valence-corrected chi connectivity index (χ3v) is 3.06. The third kappa shape index (κ3) is 3.14. The second-order valence-corrected chi connectivity index (χ2v) is 4.85. The molecule has 1 aromatic heterocycles. The van der Waals surface area contributed by atoms with E-state index in [0.717, 1.165) is 12.0 Å². The predicted molar refractivity (Wildman–Crippen MR) is 81.3 cm³/mol. The molecule has 0 unspecified atom stereocenters. The number of hydrogen-bond acceptors (Lipinski definition) is 5. The fourth-order valence-electron chi connectivity index (χ4n) is 1.77. The van der Waals surface area contributed by atoms with Crippen molar-refractivity contribution in [1.82, 2.24) is 14.9 Å². The van der Waals surface area contributed by atoms with Crippen LogP contribution in [-0.4, -0.2) is 21.1 Å². The Morgan fingerprint density at radius 3 is 2.55 bits per heavy atom. The fraction of sp³-hybridized carbons (Fsp3) is 0.357. The van der Waals surface area contributed by atoms with E-state index in [1.165, 1.54) is 10.2 Å². The molecule has 0 saturated heterocycles. The van der Waals surface area contributed by atoms with Crippen LogP contribution in [0.5, 0.6) is 0 Å². The van der Waals surface area contributed by atoms with Gasteiger partial charge in [0.15, 0.2) is 5.82 Å². The Hall–Kier alpha value is -2.37. The smallest absolute Gasteiger partial charge is 0.263 e. The molecule has 0 aliphatic rings. The summed E-state index contributed by atoms with van der Waals surface area (Å²) in [6.07, 6.45) is 2.45. The molecule has 0 saturated carbocycles. The van der Waals surface area contributed by atoms with Gasteiger partial charge < -0.3 is 5.84 Å². The molecular weight excluding hydrogens is 252 g/mol. The molecule has 0 amide bonds. The Morgan fingerprint density at radius 2 is 2.00 bits per heavy atom. The van der Waals surface area contributed by atoms with E-state index >= 15 is 0 Å². The van der Waals surface area contributed by atoms with Crippen molar-refractivity contribution in [1.29, 1.82) is 0 Å². The first-order valence-corrected chi connectivity index (χ1v) is 6.70. The zero-order valence-corrected chi connectivity index (χ0v) is 12.0. The lowest BCUT2D eigenvalue weighted by Gasteiger charge is -2.04. The molecule has 0 atom stereocenters. The summed E-state index contributed by atoms with van der Waals surface area (Å²) in [7, 11) is 0. The van der Waals surface area contributed by atoms with E-state index in [-0.39, 0.29) is 0 Å². The quantitative estimate of drug-likeness (QED) is 0.496. The lowest BCUT2D eigenvalue weighted by atomic mass is 10.0. The minimum absolute atomic E-state index is 0.428. The second kappa shape index (κ2) is 6.18. The highest BCUT2D eigenvalue weighted by atomic mass is 15.5. The summed E-state index contributed by atoms with van der Waals surface area (Å²) in [6, 6.07) is 8.27. The van der Waals surface area contributed by atoms with Crippen molar-refractivity contribution in [3.05, 3.63) is 41.2 Å². The number of rotatable bonds is 5. The summed E-state index contributed by atoms with van der Waals surface area (Å²) in [6.45, 7) is 6.31. The monoisotopic (exact) mass is 272 g/mol. The number of nitrogens with zero attached hydrogens (tertiary/aromatic N) is 4. The fourth-order valence-corrected chi connectivity index (χ4v) is 1.77. The van der Waals surface area contributed by atoms with E-state index in [1.54, 1.807) is 6.21 Å². The molecule has 0 aliphatic heterocycles. The highest BCUT2D eigenvalue weighted by Crippen LogP contribution is 2.13. The first kappa shape index (κ1) is 14.0. The van der Waals surface area contributed by atoms with E-state index in [1.807, 2.05) is 19.1 Å². The number of benzene rings is 1. The largest absolute Gasteiger partial charge is 0.335 e. The maximum Gasteiger partial charge on any atom is 0.263 e. The maximum atomic E-state index is 5.80. The molecule has 0 bridgehead atoms. The van der Waals surface area contributed by atoms with E-state index in [4.69, 9.17) is 5.84 Å². The number of nitrogens with one attached hydrogen (secondary N) is 1. The third-order valence-electron chi connectivity index (χ3n) is 3.06. The number of hydrogen-bond donors (Lipinski definition) is 2. The Balaban J connectivity index is 2.00. The van der Waals surface area contributed by atoms with Crippen LogP contribution in [0, 0.1) is 0 Å². The van der Waals surface area contributed by atoms with Crippen molar-refractivity contribution in [2.75, 3.05) is 11.3 Å². The summed E-state index contributed by atoms with van der Waals surface area (Å²) >= 11 is 0. The number of aromatic nitrogens is 3. The van der Waals surface area contributed by atoms with Gasteiger partial charge in [-0.05, 0) is 17.0 Å². The first-order valence-electron chi connectivity index (χ1n) is 6.70. The lowest BCUT2D eigenvalue weighted by molar-refractivity contribution is 0.855. The predicted octanol–water partition coefficient (Wildman–Crippen LogP) is 2.12. The minimum atomic E-state index is 0.428. The van der Waals surface area contributed by atoms with Gasteiger partial charge in [-0.1, -0.05) is 45.0 Å². The van der Waals surface area contributed by atoms with E-state index < -0.39 is 0 Å². The normalized spacial score (nSPS) is 11.4. The number of anilines is 1. The van der Waals surface area contributed by atoms with Crippen LogP contribution in [0.25, 0.3) is 0 Å². The van der Waals surface area contributed by atoms with Gasteiger partial charge in [0, 0.05) is 6.42 Å². The summed E-state index contributed by atoms with van der Waals surface area (Å²) in [4.78, 5) is 0. The van der Waals surface area contributed by atoms with Crippen molar-refractivity contribution in [2.24, 2.45) is 5.10 Å². The van der Waals surface area contributed by atoms with Gasteiger partial charge in [-0.3, -0.25) is 0 Å². The van der Waals surface area contributed by atoms with Gasteiger partial charge in [0.1, 0.15) is 0 Å². The van der Waals surface area contributed by atoms with Crippen LogP contribution in [0.4, 0.5) is 5.95 Å². The highest BCUT2D eigenvalue weighted by molar-refractivity contribution is 5.80. The van der Waals surface area contributed by atoms with Crippen LogP contribution in [0.15, 0.2) is 29.4 Å². The molecule has 1 heterocycles. The lowest BCUT2D eigenvalue weighted by Crippen LogP contribution is -2.14. The van der Waals surface area contributed by atoms with Crippen LogP contribution >= 0.6 is 0 Å².